The molecule has 0 spiro atoms. The van der Waals surface area contributed by atoms with Crippen molar-refractivity contribution in [2.24, 2.45) is 0 Å². The van der Waals surface area contributed by atoms with Crippen LogP contribution in [0.4, 0.5) is 0 Å². The van der Waals surface area contributed by atoms with Crippen molar-refractivity contribution < 1.29 is 8.42 Å². The fourth-order valence-electron chi connectivity index (χ4n) is 1.68. The van der Waals surface area contributed by atoms with Crippen molar-refractivity contribution in [1.82, 2.24) is 9.62 Å². The van der Waals surface area contributed by atoms with Gasteiger partial charge < -0.3 is 4.90 Å². The van der Waals surface area contributed by atoms with Crippen molar-refractivity contribution in [3.63, 3.8) is 0 Å². The van der Waals surface area contributed by atoms with Crippen LogP contribution in [0, 0.1) is 11.3 Å². The van der Waals surface area contributed by atoms with E-state index in [1.54, 1.807) is 0 Å². The van der Waals surface area contributed by atoms with Crippen molar-refractivity contribution in [2.75, 3.05) is 26.2 Å². The molecule has 1 aromatic rings. The summed E-state index contributed by atoms with van der Waals surface area (Å²) in [5.74, 6) is 0. The first-order valence-corrected chi connectivity index (χ1v) is 8.55. The molecule has 0 aliphatic rings. The Morgan fingerprint density at radius 3 is 2.63 bits per heavy atom. The third-order valence-electron chi connectivity index (χ3n) is 2.66. The Balaban J connectivity index is 2.54. The monoisotopic (exact) mass is 301 g/mol. The zero-order valence-electron chi connectivity index (χ0n) is 11.2. The molecule has 0 fully saturated rings. The van der Waals surface area contributed by atoms with Crippen LogP contribution in [0.25, 0.3) is 0 Å². The summed E-state index contributed by atoms with van der Waals surface area (Å²) in [7, 11) is -3.48. The minimum Gasteiger partial charge on any atom is -0.302 e. The molecule has 7 heteroatoms. The van der Waals surface area contributed by atoms with Gasteiger partial charge in [0.25, 0.3) is 0 Å². The minimum absolute atomic E-state index is 0.197. The van der Waals surface area contributed by atoms with Crippen molar-refractivity contribution in [3.8, 4) is 6.07 Å². The maximum absolute atomic E-state index is 12.0. The van der Waals surface area contributed by atoms with Crippen LogP contribution < -0.4 is 4.72 Å². The van der Waals surface area contributed by atoms with E-state index in [2.05, 4.69) is 23.5 Å². The van der Waals surface area contributed by atoms with Crippen molar-refractivity contribution in [1.29, 1.82) is 5.26 Å². The number of hydrogen-bond acceptors (Lipinski definition) is 5. The highest BCUT2D eigenvalue weighted by atomic mass is 32.2. The van der Waals surface area contributed by atoms with Gasteiger partial charge >= 0.3 is 0 Å². The molecule has 0 saturated carbocycles. The summed E-state index contributed by atoms with van der Waals surface area (Å²) in [5, 5.41) is 8.69. The molecule has 1 aromatic heterocycles. The molecule has 19 heavy (non-hydrogen) atoms. The van der Waals surface area contributed by atoms with E-state index in [0.717, 1.165) is 30.8 Å². The molecule has 106 valence electrons. The Kier molecular flexibility index (Phi) is 6.45. The minimum atomic E-state index is -3.48. The first kappa shape index (κ1) is 16.1. The van der Waals surface area contributed by atoms with Crippen molar-refractivity contribution >= 4 is 21.4 Å². The lowest BCUT2D eigenvalue weighted by Crippen LogP contribution is -2.35. The molecule has 0 bridgehead atoms. The molecule has 5 nitrogen and oxygen atoms in total. The molecule has 0 aromatic carbocycles. The third kappa shape index (κ3) is 4.91. The van der Waals surface area contributed by atoms with Gasteiger partial charge in [0.2, 0.25) is 10.0 Å². The van der Waals surface area contributed by atoms with Gasteiger partial charge in [-0.1, -0.05) is 13.8 Å². The lowest BCUT2D eigenvalue weighted by atomic mass is 10.4. The Morgan fingerprint density at radius 2 is 2.11 bits per heavy atom. The number of nitriles is 1. The molecule has 1 heterocycles. The molecule has 0 saturated heterocycles. The summed E-state index contributed by atoms with van der Waals surface area (Å²) >= 11 is 0.989. The molecule has 1 rings (SSSR count). The molecule has 0 atom stereocenters. The van der Waals surface area contributed by atoms with Gasteiger partial charge in [-0.3, -0.25) is 0 Å². The Labute approximate surface area is 118 Å². The van der Waals surface area contributed by atoms with E-state index in [0.29, 0.717) is 18.0 Å². The summed E-state index contributed by atoms with van der Waals surface area (Å²) in [5.41, 5.74) is 0. The summed E-state index contributed by atoms with van der Waals surface area (Å²) < 4.78 is 26.7. The molecule has 1 N–H and O–H groups in total. The fourth-order valence-corrected chi connectivity index (χ4v) is 3.85. The second-order valence-electron chi connectivity index (χ2n) is 4.06. The highest BCUT2D eigenvalue weighted by molar-refractivity contribution is 7.91. The predicted octanol–water partition coefficient (Wildman–Crippen LogP) is 1.63. The van der Waals surface area contributed by atoms with E-state index >= 15 is 0 Å². The molecule has 0 aliphatic carbocycles. The molecule has 0 aliphatic heterocycles. The van der Waals surface area contributed by atoms with E-state index in [1.165, 1.54) is 12.1 Å². The van der Waals surface area contributed by atoms with E-state index in [9.17, 15) is 8.42 Å². The van der Waals surface area contributed by atoms with E-state index < -0.39 is 10.0 Å². The lowest BCUT2D eigenvalue weighted by Gasteiger charge is -2.19. The van der Waals surface area contributed by atoms with E-state index in [1.807, 2.05) is 6.07 Å². The van der Waals surface area contributed by atoms with Gasteiger partial charge in [0, 0.05) is 13.1 Å². The SMILES string of the molecule is CCCN(CC)CCNS(=O)(=O)c1ccc(C#N)s1. The molecule has 0 amide bonds. The summed E-state index contributed by atoms with van der Waals surface area (Å²) in [4.78, 5) is 2.60. The maximum atomic E-state index is 12.0. The number of thiophene rings is 1. The average Bonchev–Trinajstić information content (AvgIpc) is 2.87. The van der Waals surface area contributed by atoms with Gasteiger partial charge in [-0.05, 0) is 31.6 Å². The second kappa shape index (κ2) is 7.60. The topological polar surface area (TPSA) is 73.2 Å². The Hall–Kier alpha value is -0.940. The summed E-state index contributed by atoms with van der Waals surface area (Å²) in [6.45, 7) is 7.11. The smallest absolute Gasteiger partial charge is 0.250 e. The van der Waals surface area contributed by atoms with Crippen LogP contribution in [0.15, 0.2) is 16.3 Å². The fraction of sp³-hybridized carbons (Fsp3) is 0.583. The van der Waals surface area contributed by atoms with Crippen LogP contribution in [-0.4, -0.2) is 39.5 Å². The van der Waals surface area contributed by atoms with Crippen molar-refractivity contribution in [3.05, 3.63) is 17.0 Å². The van der Waals surface area contributed by atoms with Crippen molar-refractivity contribution in [2.45, 2.75) is 24.5 Å². The number of rotatable bonds is 8. The normalized spacial score (nSPS) is 11.7. The van der Waals surface area contributed by atoms with Crippen LogP contribution in [0.5, 0.6) is 0 Å². The van der Waals surface area contributed by atoms with Crippen LogP contribution in [0.2, 0.25) is 0 Å². The number of nitrogens with zero attached hydrogens (tertiary/aromatic N) is 2. The quantitative estimate of drug-likeness (QED) is 0.792. The lowest BCUT2D eigenvalue weighted by molar-refractivity contribution is 0.293. The first-order chi connectivity index (χ1) is 9.03. The van der Waals surface area contributed by atoms with Gasteiger partial charge in [0.05, 0.1) is 0 Å². The first-order valence-electron chi connectivity index (χ1n) is 6.25. The molecular formula is C12H19N3O2S2. The number of sulfonamides is 1. The predicted molar refractivity (Wildman–Crippen MR) is 76.6 cm³/mol. The summed E-state index contributed by atoms with van der Waals surface area (Å²) in [6, 6.07) is 4.93. The van der Waals surface area contributed by atoms with Gasteiger partial charge in [-0.2, -0.15) is 5.26 Å². The van der Waals surface area contributed by atoms with Gasteiger partial charge in [-0.25, -0.2) is 13.1 Å². The number of nitrogens with one attached hydrogen (secondary N) is 1. The standard InChI is InChI=1S/C12H19N3O2S2/c1-3-8-15(4-2)9-7-14-19(16,17)12-6-5-11(10-13)18-12/h5-6,14H,3-4,7-9H2,1-2H3. The highest BCUT2D eigenvalue weighted by Gasteiger charge is 2.16. The van der Waals surface area contributed by atoms with Crippen LogP contribution in [-0.2, 0) is 10.0 Å². The average molecular weight is 301 g/mol. The number of hydrogen-bond donors (Lipinski definition) is 1. The van der Waals surface area contributed by atoms with Crippen LogP contribution in [0.1, 0.15) is 25.1 Å². The van der Waals surface area contributed by atoms with E-state index in [4.69, 9.17) is 5.26 Å². The number of likely N-dealkylation sites (N-methyl/N-ethyl adjacent to an activating group) is 1. The molecular weight excluding hydrogens is 282 g/mol. The van der Waals surface area contributed by atoms with Gasteiger partial charge in [0.1, 0.15) is 15.2 Å². The van der Waals surface area contributed by atoms with Crippen LogP contribution in [0.3, 0.4) is 0 Å². The maximum Gasteiger partial charge on any atom is 0.250 e. The molecule has 0 unspecified atom stereocenters. The molecule has 0 radical (unpaired) electrons. The second-order valence-corrected chi connectivity index (χ2v) is 7.14. The van der Waals surface area contributed by atoms with Gasteiger partial charge in [0.15, 0.2) is 0 Å². The Bertz CT molecular complexity index is 531. The zero-order valence-corrected chi connectivity index (χ0v) is 12.9. The Morgan fingerprint density at radius 1 is 1.37 bits per heavy atom. The third-order valence-corrected chi connectivity index (χ3v) is 5.61. The van der Waals surface area contributed by atoms with E-state index in [-0.39, 0.29) is 4.21 Å². The highest BCUT2D eigenvalue weighted by Crippen LogP contribution is 2.20. The van der Waals surface area contributed by atoms with Gasteiger partial charge in [-0.15, -0.1) is 11.3 Å². The zero-order chi connectivity index (χ0) is 14.3. The summed E-state index contributed by atoms with van der Waals surface area (Å²) in [6.07, 6.45) is 1.05. The van der Waals surface area contributed by atoms with Crippen LogP contribution >= 0.6 is 11.3 Å². The largest absolute Gasteiger partial charge is 0.302 e.